The van der Waals surface area contributed by atoms with Crippen LogP contribution < -0.4 is 61.6 Å². The molecule has 3 aromatic carbocycles. The summed E-state index contributed by atoms with van der Waals surface area (Å²) in [6.07, 6.45) is 1.21. The van der Waals surface area contributed by atoms with Crippen LogP contribution in [-0.2, 0) is 0 Å². The summed E-state index contributed by atoms with van der Waals surface area (Å²) in [5, 5.41) is 4.77. The molecule has 0 saturated carbocycles. The van der Waals surface area contributed by atoms with Gasteiger partial charge in [-0.1, -0.05) is 83.0 Å². The molecule has 11 heteroatoms. The maximum absolute atomic E-state index is 12.9. The first-order valence-corrected chi connectivity index (χ1v) is 10.6. The molecule has 1 unspecified atom stereocenters. The fraction of sp³-hybridized carbons (Fsp3) is 0.0435. The molecule has 0 amide bonds. The Bertz CT molecular complexity index is 1360. The van der Waals surface area contributed by atoms with Crippen molar-refractivity contribution in [1.29, 1.82) is 0 Å². The molecule has 166 valence electrons. The van der Waals surface area contributed by atoms with Crippen molar-refractivity contribution >= 4 is 47.3 Å². The number of ether oxygens (including phenoxy) is 1. The molecular weight excluding hydrogens is 514 g/mol. The second-order valence-electron chi connectivity index (χ2n) is 7.43. The Kier molecular flexibility index (Phi) is 7.64. The summed E-state index contributed by atoms with van der Waals surface area (Å²) < 4.78 is 50.5. The summed E-state index contributed by atoms with van der Waals surface area (Å²) >= 11 is 12.5. The van der Waals surface area contributed by atoms with Crippen LogP contribution in [-0.4, -0.2) is 17.1 Å². The van der Waals surface area contributed by atoms with Crippen molar-refractivity contribution in [2.24, 2.45) is 0 Å². The number of nitrogens with zero attached hydrogens (tertiary/aromatic N) is 2. The maximum Gasteiger partial charge on any atom is 1.00 e. The van der Waals surface area contributed by atoms with Gasteiger partial charge in [-0.25, -0.2) is 0 Å². The Morgan fingerprint density at radius 3 is 2.29 bits per heavy atom. The molecule has 0 spiro atoms. The Morgan fingerprint density at radius 1 is 0.912 bits per heavy atom. The molecule has 0 N–H and O–H groups in total. The van der Waals surface area contributed by atoms with Crippen LogP contribution in [0.3, 0.4) is 0 Å². The van der Waals surface area contributed by atoms with Gasteiger partial charge in [-0.2, -0.15) is 4.98 Å². The quantitative estimate of drug-likeness (QED) is 0.380. The number of halogens is 5. The minimum atomic E-state index is -5.08. The fourth-order valence-electron chi connectivity index (χ4n) is 3.59. The monoisotopic (exact) mass is 526 g/mol. The third-order valence-electron chi connectivity index (χ3n) is 5.19. The van der Waals surface area contributed by atoms with Gasteiger partial charge in [0.15, 0.2) is 6.10 Å². The molecule has 4 aromatic rings. The third kappa shape index (κ3) is 5.16. The molecule has 1 atom stereocenters. The molecule has 4 nitrogen and oxygen atoms in total. The smallest absolute Gasteiger partial charge is 0.479 e. The number of rotatable bonds is 4. The van der Waals surface area contributed by atoms with E-state index in [9.17, 15) is 12.9 Å². The molecule has 5 rings (SSSR count). The van der Waals surface area contributed by atoms with Crippen LogP contribution in [0.5, 0.6) is 5.75 Å². The van der Waals surface area contributed by atoms with Crippen molar-refractivity contribution in [3.63, 3.8) is 0 Å². The van der Waals surface area contributed by atoms with Crippen LogP contribution in [0, 0.1) is 0 Å². The SMILES string of the molecule is F[B-](F)(F)c1ccc(-c2noc(C3=Cc4cc(Cl)cc(Cl)c4OC3c3ccccc3)n2)cc1.[K+]. The molecule has 2 heterocycles. The molecule has 0 fully saturated rings. The predicted octanol–water partition coefficient (Wildman–Crippen LogP) is 3.78. The molecule has 0 radical (unpaired) electrons. The minimum Gasteiger partial charge on any atom is -0.479 e. The van der Waals surface area contributed by atoms with Crippen LogP contribution in [0.1, 0.15) is 23.1 Å². The molecule has 1 aliphatic rings. The van der Waals surface area contributed by atoms with E-state index in [0.717, 1.165) is 17.7 Å². The van der Waals surface area contributed by atoms with E-state index in [-0.39, 0.29) is 63.1 Å². The van der Waals surface area contributed by atoms with E-state index in [1.807, 2.05) is 30.3 Å². The van der Waals surface area contributed by atoms with Gasteiger partial charge in [0.25, 0.3) is 5.89 Å². The average Bonchev–Trinajstić information content (AvgIpc) is 3.28. The van der Waals surface area contributed by atoms with Crippen molar-refractivity contribution in [1.82, 2.24) is 10.1 Å². The number of hydrogen-bond donors (Lipinski definition) is 0. The first kappa shape index (κ1) is 25.5. The summed E-state index contributed by atoms with van der Waals surface area (Å²) in [5.41, 5.74) is 1.75. The minimum absolute atomic E-state index is 0. The molecule has 0 saturated heterocycles. The zero-order valence-electron chi connectivity index (χ0n) is 17.7. The third-order valence-corrected chi connectivity index (χ3v) is 5.69. The van der Waals surface area contributed by atoms with Crippen LogP contribution >= 0.6 is 23.2 Å². The zero-order chi connectivity index (χ0) is 23.2. The van der Waals surface area contributed by atoms with Crippen LogP contribution in [0.4, 0.5) is 12.9 Å². The van der Waals surface area contributed by atoms with Gasteiger partial charge in [0.05, 0.1) is 10.6 Å². The van der Waals surface area contributed by atoms with Crippen molar-refractivity contribution < 1.29 is 73.6 Å². The first-order valence-electron chi connectivity index (χ1n) is 9.86. The van der Waals surface area contributed by atoms with E-state index in [0.29, 0.717) is 32.5 Å². The topological polar surface area (TPSA) is 48.2 Å². The van der Waals surface area contributed by atoms with Gasteiger partial charge in [-0.15, -0.1) is 5.46 Å². The molecule has 34 heavy (non-hydrogen) atoms. The molecule has 1 aliphatic heterocycles. The maximum atomic E-state index is 12.9. The fourth-order valence-corrected chi connectivity index (χ4v) is 4.15. The van der Waals surface area contributed by atoms with Crippen LogP contribution in [0.15, 0.2) is 71.3 Å². The summed E-state index contributed by atoms with van der Waals surface area (Å²) in [6.45, 7) is -5.08. The van der Waals surface area contributed by atoms with Crippen LogP contribution in [0.2, 0.25) is 10.0 Å². The molecule has 0 bridgehead atoms. The number of aromatic nitrogens is 2. The van der Waals surface area contributed by atoms with Gasteiger partial charge in [0, 0.05) is 16.1 Å². The van der Waals surface area contributed by atoms with Crippen molar-refractivity contribution in [3.05, 3.63) is 93.8 Å². The van der Waals surface area contributed by atoms with Gasteiger partial charge in [-0.3, -0.25) is 0 Å². The van der Waals surface area contributed by atoms with E-state index < -0.39 is 18.5 Å². The van der Waals surface area contributed by atoms with Gasteiger partial charge in [-0.05, 0) is 23.8 Å². The Balaban J connectivity index is 0.00000274. The predicted molar refractivity (Wildman–Crippen MR) is 123 cm³/mol. The summed E-state index contributed by atoms with van der Waals surface area (Å²) in [5.74, 6) is 0.807. The van der Waals surface area contributed by atoms with Gasteiger partial charge in [0.1, 0.15) is 5.75 Å². The Morgan fingerprint density at radius 2 is 1.62 bits per heavy atom. The number of fused-ring (bicyclic) bond motifs is 1. The molecule has 1 aromatic heterocycles. The molecule has 0 aliphatic carbocycles. The van der Waals surface area contributed by atoms with E-state index in [4.69, 9.17) is 32.5 Å². The van der Waals surface area contributed by atoms with Crippen molar-refractivity contribution in [3.8, 4) is 17.1 Å². The first-order chi connectivity index (χ1) is 15.8. The van der Waals surface area contributed by atoms with E-state index >= 15 is 0 Å². The number of benzene rings is 3. The standard InChI is InChI=1S/C23H13BCl2F3N2O2.K/c25-17-10-15-11-18(20(13-4-2-1-3-5-13)32-21(15)19(26)12-17)23-30-22(31-33-23)14-6-8-16(9-7-14)24(27,28)29;/h1-12,20H;/q-1;+1. The largest absolute Gasteiger partial charge is 1.00 e. The van der Waals surface area contributed by atoms with Crippen molar-refractivity contribution in [2.75, 3.05) is 0 Å². The van der Waals surface area contributed by atoms with E-state index in [1.54, 1.807) is 18.2 Å². The number of hydrogen-bond acceptors (Lipinski definition) is 4. The zero-order valence-corrected chi connectivity index (χ0v) is 22.3. The Hall–Kier alpha value is -1.59. The van der Waals surface area contributed by atoms with Crippen LogP contribution in [0.25, 0.3) is 23.0 Å². The van der Waals surface area contributed by atoms with Gasteiger partial charge < -0.3 is 22.2 Å². The normalized spacial score (nSPS) is 15.1. The second kappa shape index (κ2) is 10.2. The second-order valence-corrected chi connectivity index (χ2v) is 8.28. The Labute approximate surface area is 245 Å². The van der Waals surface area contributed by atoms with Gasteiger partial charge >= 0.3 is 58.4 Å². The average molecular weight is 527 g/mol. The van der Waals surface area contributed by atoms with Crippen molar-refractivity contribution in [2.45, 2.75) is 6.10 Å². The summed E-state index contributed by atoms with van der Waals surface area (Å²) in [4.78, 5) is 4.42. The van der Waals surface area contributed by atoms with E-state index in [2.05, 4.69) is 10.1 Å². The van der Waals surface area contributed by atoms with Gasteiger partial charge in [0.2, 0.25) is 5.82 Å². The summed E-state index contributed by atoms with van der Waals surface area (Å²) in [7, 11) is 0. The van der Waals surface area contributed by atoms with E-state index in [1.165, 1.54) is 12.1 Å². The molecular formula is C23H13BCl2F3KN2O2. The summed E-state index contributed by atoms with van der Waals surface area (Å²) in [6, 6.07) is 17.3.